The Morgan fingerprint density at radius 2 is 1.63 bits per heavy atom. The van der Waals surface area contributed by atoms with Gasteiger partial charge in [-0.05, 0) is 73.5 Å². The van der Waals surface area contributed by atoms with Crippen LogP contribution in [0.1, 0.15) is 32.3 Å². The summed E-state index contributed by atoms with van der Waals surface area (Å²) in [6, 6.07) is 22.5. The average Bonchev–Trinajstić information content (AvgIpc) is 2.76. The summed E-state index contributed by atoms with van der Waals surface area (Å²) in [7, 11) is 0. The summed E-state index contributed by atoms with van der Waals surface area (Å²) in [6.07, 6.45) is 2.86. The molecule has 0 saturated heterocycles. The summed E-state index contributed by atoms with van der Waals surface area (Å²) in [4.78, 5) is 16.3. The molecule has 3 aromatic rings. The van der Waals surface area contributed by atoms with Crippen molar-refractivity contribution >= 4 is 17.9 Å². The molecule has 0 radical (unpaired) electrons. The van der Waals surface area contributed by atoms with E-state index >= 15 is 0 Å². The maximum absolute atomic E-state index is 11.8. The Bertz CT molecular complexity index is 982. The summed E-state index contributed by atoms with van der Waals surface area (Å²) in [5, 5.41) is 0. The monoisotopic (exact) mass is 403 g/mol. The molecule has 3 aromatic carbocycles. The molecule has 0 fully saturated rings. The van der Waals surface area contributed by atoms with Crippen molar-refractivity contribution in [3.8, 4) is 23.0 Å². The van der Waals surface area contributed by atoms with E-state index in [1.165, 1.54) is 0 Å². The number of carbonyl (C=O) groups excluding carboxylic acids is 1. The fraction of sp³-hybridized carbons (Fsp3) is 0.200. The number of hydrogen-bond acceptors (Lipinski definition) is 5. The van der Waals surface area contributed by atoms with Crippen LogP contribution in [0.15, 0.2) is 77.8 Å². The van der Waals surface area contributed by atoms with Crippen molar-refractivity contribution in [2.45, 2.75) is 26.7 Å². The molecule has 0 N–H and O–H groups in total. The number of aliphatic imine (C=N–C) groups is 1. The molecule has 5 nitrogen and oxygen atoms in total. The number of rotatable bonds is 9. The first-order chi connectivity index (χ1) is 14.7. The molecule has 0 unspecified atom stereocenters. The molecule has 0 aromatic heterocycles. The highest BCUT2D eigenvalue weighted by Crippen LogP contribution is 2.29. The van der Waals surface area contributed by atoms with Gasteiger partial charge in [-0.1, -0.05) is 25.1 Å². The number of carbonyl (C=O) groups is 1. The molecule has 0 saturated carbocycles. The smallest absolute Gasteiger partial charge is 0.311 e. The van der Waals surface area contributed by atoms with Gasteiger partial charge in [0, 0.05) is 12.6 Å². The van der Waals surface area contributed by atoms with Crippen molar-refractivity contribution in [3.63, 3.8) is 0 Å². The number of benzene rings is 3. The van der Waals surface area contributed by atoms with E-state index in [1.54, 1.807) is 12.3 Å². The maximum atomic E-state index is 11.8. The zero-order chi connectivity index (χ0) is 21.2. The van der Waals surface area contributed by atoms with Crippen LogP contribution in [0.4, 0.5) is 5.69 Å². The Morgan fingerprint density at radius 1 is 0.900 bits per heavy atom. The molecule has 0 heterocycles. The normalized spacial score (nSPS) is 10.7. The third-order valence-corrected chi connectivity index (χ3v) is 4.12. The Kier molecular flexibility index (Phi) is 7.61. The molecular formula is C25H25NO4. The first-order valence-corrected chi connectivity index (χ1v) is 10.0. The van der Waals surface area contributed by atoms with Crippen LogP contribution in [0.5, 0.6) is 23.0 Å². The van der Waals surface area contributed by atoms with Crippen LogP contribution < -0.4 is 14.2 Å². The van der Waals surface area contributed by atoms with Crippen LogP contribution in [-0.2, 0) is 4.79 Å². The van der Waals surface area contributed by atoms with E-state index in [4.69, 9.17) is 14.2 Å². The number of ether oxygens (including phenoxy) is 3. The van der Waals surface area contributed by atoms with Gasteiger partial charge in [-0.3, -0.25) is 9.79 Å². The molecule has 0 spiro atoms. The standard InChI is InChI=1S/C25H25NO4/c1-3-8-25(27)30-23-16-11-19(17-24(23)28-4-2)18-26-20-12-14-22(15-13-20)29-21-9-6-5-7-10-21/h5-7,9-18H,3-4,8H2,1-2H3. The van der Waals surface area contributed by atoms with Crippen molar-refractivity contribution in [2.75, 3.05) is 6.61 Å². The molecule has 0 aliphatic rings. The first-order valence-electron chi connectivity index (χ1n) is 10.0. The molecule has 0 bridgehead atoms. The van der Waals surface area contributed by atoms with Crippen molar-refractivity contribution in [2.24, 2.45) is 4.99 Å². The summed E-state index contributed by atoms with van der Waals surface area (Å²) < 4.78 is 16.8. The van der Waals surface area contributed by atoms with Gasteiger partial charge in [0.2, 0.25) is 0 Å². The summed E-state index contributed by atoms with van der Waals surface area (Å²) in [5.41, 5.74) is 1.64. The molecule has 0 atom stereocenters. The molecule has 0 amide bonds. The number of esters is 1. The summed E-state index contributed by atoms with van der Waals surface area (Å²) in [6.45, 7) is 4.30. The van der Waals surface area contributed by atoms with E-state index in [1.807, 2.05) is 80.6 Å². The Labute approximate surface area is 176 Å². The lowest BCUT2D eigenvalue weighted by Crippen LogP contribution is -2.08. The zero-order valence-electron chi connectivity index (χ0n) is 17.2. The van der Waals surface area contributed by atoms with Gasteiger partial charge in [0.05, 0.1) is 12.3 Å². The number of para-hydroxylation sites is 1. The van der Waals surface area contributed by atoms with Crippen LogP contribution in [0.25, 0.3) is 0 Å². The van der Waals surface area contributed by atoms with Gasteiger partial charge in [0.15, 0.2) is 11.5 Å². The minimum absolute atomic E-state index is 0.266. The van der Waals surface area contributed by atoms with Gasteiger partial charge in [0.25, 0.3) is 0 Å². The van der Waals surface area contributed by atoms with Crippen LogP contribution in [0.3, 0.4) is 0 Å². The predicted octanol–water partition coefficient (Wildman–Crippen LogP) is 6.33. The summed E-state index contributed by atoms with van der Waals surface area (Å²) in [5.74, 6) is 2.22. The van der Waals surface area contributed by atoms with E-state index in [-0.39, 0.29) is 5.97 Å². The lowest BCUT2D eigenvalue weighted by Gasteiger charge is -2.11. The molecule has 0 aliphatic carbocycles. The summed E-state index contributed by atoms with van der Waals surface area (Å²) >= 11 is 0. The van der Waals surface area contributed by atoms with Gasteiger partial charge in [0.1, 0.15) is 11.5 Å². The van der Waals surface area contributed by atoms with Crippen molar-refractivity contribution in [1.29, 1.82) is 0 Å². The Balaban J connectivity index is 1.68. The maximum Gasteiger partial charge on any atom is 0.311 e. The SMILES string of the molecule is CCCC(=O)Oc1ccc(C=Nc2ccc(Oc3ccccc3)cc2)cc1OCC. The highest BCUT2D eigenvalue weighted by molar-refractivity contribution is 5.83. The molecule has 5 heteroatoms. The number of hydrogen-bond donors (Lipinski definition) is 0. The van der Waals surface area contributed by atoms with Crippen LogP contribution >= 0.6 is 0 Å². The topological polar surface area (TPSA) is 57.1 Å². The van der Waals surface area contributed by atoms with Gasteiger partial charge < -0.3 is 14.2 Å². The molecule has 3 rings (SSSR count). The number of nitrogens with zero attached hydrogens (tertiary/aromatic N) is 1. The van der Waals surface area contributed by atoms with E-state index < -0.39 is 0 Å². The molecule has 154 valence electrons. The van der Waals surface area contributed by atoms with E-state index in [0.717, 1.165) is 29.2 Å². The minimum atomic E-state index is -0.266. The third-order valence-electron chi connectivity index (χ3n) is 4.12. The minimum Gasteiger partial charge on any atom is -0.490 e. The van der Waals surface area contributed by atoms with Crippen molar-refractivity contribution in [1.82, 2.24) is 0 Å². The zero-order valence-corrected chi connectivity index (χ0v) is 17.2. The molecule has 30 heavy (non-hydrogen) atoms. The van der Waals surface area contributed by atoms with Crippen molar-refractivity contribution < 1.29 is 19.0 Å². The van der Waals surface area contributed by atoms with Crippen LogP contribution in [0.2, 0.25) is 0 Å². The highest BCUT2D eigenvalue weighted by Gasteiger charge is 2.10. The van der Waals surface area contributed by atoms with Gasteiger partial charge in [-0.2, -0.15) is 0 Å². The Hall–Kier alpha value is -3.60. The highest BCUT2D eigenvalue weighted by atomic mass is 16.6. The second-order valence-corrected chi connectivity index (χ2v) is 6.53. The first kappa shape index (κ1) is 21.1. The quantitative estimate of drug-likeness (QED) is 0.238. The molecule has 0 aliphatic heterocycles. The lowest BCUT2D eigenvalue weighted by molar-refractivity contribution is -0.134. The predicted molar refractivity (Wildman–Crippen MR) is 118 cm³/mol. The van der Waals surface area contributed by atoms with E-state index in [9.17, 15) is 4.79 Å². The lowest BCUT2D eigenvalue weighted by atomic mass is 10.2. The van der Waals surface area contributed by atoms with E-state index in [0.29, 0.717) is 24.5 Å². The third kappa shape index (κ3) is 6.21. The van der Waals surface area contributed by atoms with Crippen LogP contribution in [-0.4, -0.2) is 18.8 Å². The fourth-order valence-corrected chi connectivity index (χ4v) is 2.71. The van der Waals surface area contributed by atoms with Gasteiger partial charge >= 0.3 is 5.97 Å². The fourth-order valence-electron chi connectivity index (χ4n) is 2.71. The average molecular weight is 403 g/mol. The van der Waals surface area contributed by atoms with Crippen LogP contribution in [0, 0.1) is 0 Å². The molecular weight excluding hydrogens is 378 g/mol. The second-order valence-electron chi connectivity index (χ2n) is 6.53. The largest absolute Gasteiger partial charge is 0.490 e. The Morgan fingerprint density at radius 3 is 2.33 bits per heavy atom. The van der Waals surface area contributed by atoms with E-state index in [2.05, 4.69) is 4.99 Å². The van der Waals surface area contributed by atoms with Gasteiger partial charge in [-0.25, -0.2) is 0 Å². The van der Waals surface area contributed by atoms with Gasteiger partial charge in [-0.15, -0.1) is 0 Å². The second kappa shape index (κ2) is 10.8. The van der Waals surface area contributed by atoms with Crippen molar-refractivity contribution in [3.05, 3.63) is 78.4 Å².